The summed E-state index contributed by atoms with van der Waals surface area (Å²) in [6, 6.07) is 0. The van der Waals surface area contributed by atoms with E-state index in [0.29, 0.717) is 0 Å². The van der Waals surface area contributed by atoms with Gasteiger partial charge in [-0.3, -0.25) is 9.80 Å². The molecule has 6 nitrogen and oxygen atoms in total. The molecule has 2 fully saturated rings. The molecule has 2 saturated heterocycles. The zero-order chi connectivity index (χ0) is 15.2. The van der Waals surface area contributed by atoms with E-state index in [1.54, 1.807) is 0 Å². The van der Waals surface area contributed by atoms with Crippen molar-refractivity contribution in [1.82, 2.24) is 19.8 Å². The van der Waals surface area contributed by atoms with Gasteiger partial charge in [0.2, 0.25) is 5.95 Å². The first-order valence-electron chi connectivity index (χ1n) is 8.43. The summed E-state index contributed by atoms with van der Waals surface area (Å²) in [5, 5.41) is 0. The Balaban J connectivity index is 1.41. The van der Waals surface area contributed by atoms with Crippen LogP contribution in [0.5, 0.6) is 0 Å². The highest BCUT2D eigenvalue weighted by molar-refractivity contribution is 5.30. The van der Waals surface area contributed by atoms with Gasteiger partial charge in [-0.1, -0.05) is 6.92 Å². The molecule has 0 N–H and O–H groups in total. The number of ether oxygens (including phenoxy) is 1. The van der Waals surface area contributed by atoms with Crippen molar-refractivity contribution in [2.75, 3.05) is 70.5 Å². The lowest BCUT2D eigenvalue weighted by Gasteiger charge is -2.36. The standard InChI is InChI=1S/C16H27N5O/c1-2-15-13-17-16(18-14-15)21-7-5-19(6-8-21)3-4-20-9-11-22-12-10-20/h13-14H,2-12H2,1H3. The number of morpholine rings is 1. The van der Waals surface area contributed by atoms with E-state index in [0.717, 1.165) is 77.9 Å². The van der Waals surface area contributed by atoms with Gasteiger partial charge in [0.1, 0.15) is 0 Å². The first-order chi connectivity index (χ1) is 10.8. The van der Waals surface area contributed by atoms with E-state index in [1.807, 2.05) is 12.4 Å². The third-order valence-corrected chi connectivity index (χ3v) is 4.59. The lowest BCUT2D eigenvalue weighted by atomic mass is 10.3. The molecule has 0 aliphatic carbocycles. The van der Waals surface area contributed by atoms with E-state index in [-0.39, 0.29) is 0 Å². The molecule has 2 aliphatic heterocycles. The minimum atomic E-state index is 0.880. The van der Waals surface area contributed by atoms with Gasteiger partial charge >= 0.3 is 0 Å². The Labute approximate surface area is 133 Å². The summed E-state index contributed by atoms with van der Waals surface area (Å²) < 4.78 is 5.40. The second-order valence-electron chi connectivity index (χ2n) is 6.03. The van der Waals surface area contributed by atoms with Crippen LogP contribution in [0.1, 0.15) is 12.5 Å². The summed E-state index contributed by atoms with van der Waals surface area (Å²) in [7, 11) is 0. The molecule has 6 heteroatoms. The van der Waals surface area contributed by atoms with Crippen LogP contribution in [0.15, 0.2) is 12.4 Å². The number of hydrogen-bond acceptors (Lipinski definition) is 6. The van der Waals surface area contributed by atoms with Crippen molar-refractivity contribution < 1.29 is 4.74 Å². The Bertz CT molecular complexity index is 438. The van der Waals surface area contributed by atoms with Crippen molar-refractivity contribution >= 4 is 5.95 Å². The highest BCUT2D eigenvalue weighted by atomic mass is 16.5. The third kappa shape index (κ3) is 4.15. The number of aryl methyl sites for hydroxylation is 1. The maximum Gasteiger partial charge on any atom is 0.225 e. The molecular formula is C16H27N5O. The summed E-state index contributed by atoms with van der Waals surface area (Å²) in [6.45, 7) is 12.6. The van der Waals surface area contributed by atoms with Crippen molar-refractivity contribution in [3.63, 3.8) is 0 Å². The van der Waals surface area contributed by atoms with Gasteiger partial charge in [-0.2, -0.15) is 0 Å². The molecule has 3 heterocycles. The summed E-state index contributed by atoms with van der Waals surface area (Å²) in [6.07, 6.45) is 4.90. The Morgan fingerprint density at radius 2 is 1.50 bits per heavy atom. The summed E-state index contributed by atoms with van der Waals surface area (Å²) in [4.78, 5) is 16.3. The highest BCUT2D eigenvalue weighted by Gasteiger charge is 2.19. The van der Waals surface area contributed by atoms with Crippen LogP contribution < -0.4 is 4.90 Å². The number of hydrogen-bond donors (Lipinski definition) is 0. The van der Waals surface area contributed by atoms with Gasteiger partial charge in [0, 0.05) is 64.8 Å². The zero-order valence-electron chi connectivity index (χ0n) is 13.6. The van der Waals surface area contributed by atoms with Crippen molar-refractivity contribution in [2.45, 2.75) is 13.3 Å². The Hall–Kier alpha value is -1.24. The first-order valence-corrected chi connectivity index (χ1v) is 8.43. The normalized spacial score (nSPS) is 21.2. The van der Waals surface area contributed by atoms with Crippen LogP contribution in [0, 0.1) is 0 Å². The topological polar surface area (TPSA) is 44.7 Å². The molecule has 0 aromatic carbocycles. The average molecular weight is 305 g/mol. The maximum absolute atomic E-state index is 5.40. The van der Waals surface area contributed by atoms with Crippen LogP contribution in [0.25, 0.3) is 0 Å². The Kier molecular flexibility index (Phi) is 5.58. The molecule has 2 aliphatic rings. The lowest BCUT2D eigenvalue weighted by molar-refractivity contribution is 0.0331. The molecule has 0 spiro atoms. The highest BCUT2D eigenvalue weighted by Crippen LogP contribution is 2.11. The first kappa shape index (κ1) is 15.6. The molecule has 1 aromatic heterocycles. The van der Waals surface area contributed by atoms with Crippen molar-refractivity contribution in [1.29, 1.82) is 0 Å². The number of aromatic nitrogens is 2. The predicted molar refractivity (Wildman–Crippen MR) is 87.3 cm³/mol. The average Bonchev–Trinajstić information content (AvgIpc) is 2.61. The van der Waals surface area contributed by atoms with Crippen LogP contribution >= 0.6 is 0 Å². The van der Waals surface area contributed by atoms with Crippen LogP contribution in [-0.2, 0) is 11.2 Å². The molecule has 0 unspecified atom stereocenters. The van der Waals surface area contributed by atoms with Crippen molar-refractivity contribution in [3.05, 3.63) is 18.0 Å². The van der Waals surface area contributed by atoms with Crippen LogP contribution in [0.2, 0.25) is 0 Å². The molecule has 122 valence electrons. The predicted octanol–water partition coefficient (Wildman–Crippen LogP) is 0.493. The fourth-order valence-corrected chi connectivity index (χ4v) is 2.97. The van der Waals surface area contributed by atoms with Gasteiger partial charge in [-0.15, -0.1) is 0 Å². The minimum Gasteiger partial charge on any atom is -0.379 e. The summed E-state index contributed by atoms with van der Waals surface area (Å²) >= 11 is 0. The van der Waals surface area contributed by atoms with Gasteiger partial charge in [0.05, 0.1) is 13.2 Å². The monoisotopic (exact) mass is 305 g/mol. The van der Waals surface area contributed by atoms with Crippen molar-refractivity contribution in [2.24, 2.45) is 0 Å². The summed E-state index contributed by atoms with van der Waals surface area (Å²) in [5.41, 5.74) is 1.20. The third-order valence-electron chi connectivity index (χ3n) is 4.59. The Morgan fingerprint density at radius 3 is 2.09 bits per heavy atom. The van der Waals surface area contributed by atoms with E-state index in [9.17, 15) is 0 Å². The number of rotatable bonds is 5. The molecular weight excluding hydrogens is 278 g/mol. The van der Waals surface area contributed by atoms with Crippen LogP contribution in [0.4, 0.5) is 5.95 Å². The largest absolute Gasteiger partial charge is 0.379 e. The van der Waals surface area contributed by atoms with E-state index in [4.69, 9.17) is 4.74 Å². The Morgan fingerprint density at radius 1 is 0.909 bits per heavy atom. The second-order valence-corrected chi connectivity index (χ2v) is 6.03. The molecule has 0 amide bonds. The van der Waals surface area contributed by atoms with E-state index < -0.39 is 0 Å². The van der Waals surface area contributed by atoms with Gasteiger partial charge in [0.25, 0.3) is 0 Å². The minimum absolute atomic E-state index is 0.880. The summed E-state index contributed by atoms with van der Waals surface area (Å²) in [5.74, 6) is 0.880. The van der Waals surface area contributed by atoms with Gasteiger partial charge in [0.15, 0.2) is 0 Å². The molecule has 1 aromatic rings. The number of nitrogens with zero attached hydrogens (tertiary/aromatic N) is 5. The molecule has 0 saturated carbocycles. The fourth-order valence-electron chi connectivity index (χ4n) is 2.97. The molecule has 22 heavy (non-hydrogen) atoms. The molecule has 0 radical (unpaired) electrons. The quantitative estimate of drug-likeness (QED) is 0.789. The van der Waals surface area contributed by atoms with Gasteiger partial charge in [-0.05, 0) is 12.0 Å². The van der Waals surface area contributed by atoms with Gasteiger partial charge in [-0.25, -0.2) is 9.97 Å². The molecule has 3 rings (SSSR count). The number of piperazine rings is 1. The maximum atomic E-state index is 5.40. The van der Waals surface area contributed by atoms with E-state index >= 15 is 0 Å². The van der Waals surface area contributed by atoms with Crippen molar-refractivity contribution in [3.8, 4) is 0 Å². The fraction of sp³-hybridized carbons (Fsp3) is 0.750. The van der Waals surface area contributed by atoms with Crippen LogP contribution in [0.3, 0.4) is 0 Å². The van der Waals surface area contributed by atoms with Crippen LogP contribution in [-0.4, -0.2) is 85.3 Å². The lowest BCUT2D eigenvalue weighted by Crippen LogP contribution is -2.49. The molecule has 0 atom stereocenters. The van der Waals surface area contributed by atoms with Gasteiger partial charge < -0.3 is 9.64 Å². The van der Waals surface area contributed by atoms with E-state index in [2.05, 4.69) is 31.6 Å². The van der Waals surface area contributed by atoms with E-state index in [1.165, 1.54) is 5.56 Å². The second kappa shape index (κ2) is 7.85. The zero-order valence-corrected chi connectivity index (χ0v) is 13.6. The molecule has 0 bridgehead atoms. The number of anilines is 1. The smallest absolute Gasteiger partial charge is 0.225 e. The SMILES string of the molecule is CCc1cnc(N2CCN(CCN3CCOCC3)CC2)nc1.